The quantitative estimate of drug-likeness (QED) is 0.425. The molecule has 9 nitrogen and oxygen atoms in total. The van der Waals surface area contributed by atoms with Gasteiger partial charge < -0.3 is 10.1 Å². The van der Waals surface area contributed by atoms with Crippen LogP contribution >= 0.6 is 0 Å². The zero-order chi connectivity index (χ0) is 30.9. The summed E-state index contributed by atoms with van der Waals surface area (Å²) in [5, 5.41) is 3.05. The lowest BCUT2D eigenvalue weighted by molar-refractivity contribution is -0.139. The predicted molar refractivity (Wildman–Crippen MR) is 147 cm³/mol. The monoisotopic (exact) mass is 618 g/mol. The fourth-order valence-corrected chi connectivity index (χ4v) is 5.87. The van der Waals surface area contributed by atoms with E-state index in [1.54, 1.807) is 6.07 Å². The lowest BCUT2D eigenvalue weighted by Crippen LogP contribution is -2.41. The number of sulfone groups is 1. The summed E-state index contributed by atoms with van der Waals surface area (Å²) < 4.78 is 97.0. The Labute approximate surface area is 238 Å². The molecule has 1 aliphatic rings. The van der Waals surface area contributed by atoms with Gasteiger partial charge >= 0.3 is 6.18 Å². The highest BCUT2D eigenvalue weighted by Gasteiger charge is 2.34. The first kappa shape index (κ1) is 34.0. The molecule has 1 fully saturated rings. The summed E-state index contributed by atoms with van der Waals surface area (Å²) in [6.45, 7) is 7.09. The molecule has 3 rings (SSSR count). The fraction of sp³-hybridized carbons (Fsp3) is 0.407. The lowest BCUT2D eigenvalue weighted by atomic mass is 9.98. The van der Waals surface area contributed by atoms with E-state index in [0.29, 0.717) is 38.5 Å². The summed E-state index contributed by atoms with van der Waals surface area (Å²) >= 11 is 0. The fourth-order valence-electron chi connectivity index (χ4n) is 3.65. The van der Waals surface area contributed by atoms with Crippen LogP contribution in [-0.2, 0) is 40.4 Å². The van der Waals surface area contributed by atoms with E-state index < -0.39 is 54.7 Å². The average Bonchev–Trinajstić information content (AvgIpc) is 2.88. The Morgan fingerprint density at radius 1 is 1.00 bits per heavy atom. The first-order valence-corrected chi connectivity index (χ1v) is 15.6. The number of ether oxygens (including phenoxy) is 1. The van der Waals surface area contributed by atoms with Crippen molar-refractivity contribution in [1.29, 1.82) is 0 Å². The number of benzene rings is 2. The number of hydrogen-bond acceptors (Lipinski definition) is 8. The first-order valence-electron chi connectivity index (χ1n) is 12.5. The Hall–Kier alpha value is -3.23. The molecule has 2 N–H and O–H groups in total. The van der Waals surface area contributed by atoms with Gasteiger partial charge in [0.05, 0.1) is 21.1 Å². The zero-order valence-corrected chi connectivity index (χ0v) is 24.4. The van der Waals surface area contributed by atoms with E-state index in [1.165, 1.54) is 24.3 Å². The Bertz CT molecular complexity index is 1430. The summed E-state index contributed by atoms with van der Waals surface area (Å²) in [7, 11) is -8.22. The van der Waals surface area contributed by atoms with Crippen LogP contribution in [-0.4, -0.2) is 53.7 Å². The maximum absolute atomic E-state index is 13.5. The molecule has 2 aromatic rings. The lowest BCUT2D eigenvalue weighted by Gasteiger charge is -2.21. The van der Waals surface area contributed by atoms with E-state index >= 15 is 0 Å². The van der Waals surface area contributed by atoms with Gasteiger partial charge in [-0.3, -0.25) is 14.3 Å². The van der Waals surface area contributed by atoms with Gasteiger partial charge in [-0.15, -0.1) is 0 Å². The summed E-state index contributed by atoms with van der Waals surface area (Å²) in [6, 6.07) is 9.56. The topological polar surface area (TPSA) is 136 Å². The maximum atomic E-state index is 13.5. The van der Waals surface area contributed by atoms with Crippen LogP contribution in [0.15, 0.2) is 64.4 Å². The summed E-state index contributed by atoms with van der Waals surface area (Å²) in [5.74, 6) is -1.87. The molecule has 0 spiro atoms. The van der Waals surface area contributed by atoms with E-state index in [9.17, 15) is 39.6 Å². The van der Waals surface area contributed by atoms with Gasteiger partial charge in [0.15, 0.2) is 0 Å². The molecule has 1 heterocycles. The first-order chi connectivity index (χ1) is 19.0. The predicted octanol–water partition coefficient (Wildman–Crippen LogP) is 3.95. The van der Waals surface area contributed by atoms with Crippen LogP contribution in [0.2, 0.25) is 0 Å². The Morgan fingerprint density at radius 2 is 1.61 bits per heavy atom. The van der Waals surface area contributed by atoms with Gasteiger partial charge in [0, 0.05) is 5.92 Å². The molecule has 0 bridgehead atoms. The molecule has 0 aromatic heterocycles. The SMILES string of the molecule is CC(C)(C)OC=O.O=C(NS(=O)(=O)CC=Cc1cc(S(=O)(=O)c2ccccc2)ccc1C(F)(F)F)C1CCNCC1. The number of halogens is 3. The number of amides is 1. The molecule has 0 atom stereocenters. The van der Waals surface area contributed by atoms with Crippen molar-refractivity contribution in [1.82, 2.24) is 10.0 Å². The van der Waals surface area contributed by atoms with Crippen molar-refractivity contribution in [2.75, 3.05) is 18.8 Å². The molecular formula is C27H33F3N2O7S2. The molecule has 0 aliphatic carbocycles. The molecular weight excluding hydrogens is 585 g/mol. The van der Waals surface area contributed by atoms with Gasteiger partial charge in [-0.05, 0) is 82.6 Å². The van der Waals surface area contributed by atoms with E-state index in [1.807, 2.05) is 25.5 Å². The molecule has 1 saturated heterocycles. The molecule has 14 heteroatoms. The van der Waals surface area contributed by atoms with Gasteiger partial charge in [-0.25, -0.2) is 16.8 Å². The number of alkyl halides is 3. The Morgan fingerprint density at radius 3 is 2.12 bits per heavy atom. The van der Waals surface area contributed by atoms with Gasteiger partial charge in [0.1, 0.15) is 5.60 Å². The smallest absolute Gasteiger partial charge is 0.416 e. The number of piperidine rings is 1. The second-order valence-electron chi connectivity index (χ2n) is 10.1. The molecule has 226 valence electrons. The van der Waals surface area contributed by atoms with E-state index in [0.717, 1.165) is 24.3 Å². The van der Waals surface area contributed by atoms with Crippen LogP contribution < -0.4 is 10.0 Å². The van der Waals surface area contributed by atoms with Crippen LogP contribution in [0.4, 0.5) is 13.2 Å². The normalized spacial score (nSPS) is 15.1. The van der Waals surface area contributed by atoms with Crippen molar-refractivity contribution >= 4 is 38.3 Å². The third-order valence-electron chi connectivity index (χ3n) is 5.67. The number of carbonyl (C=O) groups excluding carboxylic acids is 2. The second-order valence-corrected chi connectivity index (χ2v) is 13.8. The van der Waals surface area contributed by atoms with E-state index in [2.05, 4.69) is 10.1 Å². The minimum absolute atomic E-state index is 0.0899. The average molecular weight is 619 g/mol. The van der Waals surface area contributed by atoms with Gasteiger partial charge in [0.2, 0.25) is 25.8 Å². The van der Waals surface area contributed by atoms with Crippen molar-refractivity contribution in [2.24, 2.45) is 5.92 Å². The summed E-state index contributed by atoms with van der Waals surface area (Å²) in [4.78, 5) is 21.3. The molecule has 0 saturated carbocycles. The van der Waals surface area contributed by atoms with E-state index in [4.69, 9.17) is 0 Å². The van der Waals surface area contributed by atoms with Crippen LogP contribution in [0.1, 0.15) is 44.7 Å². The van der Waals surface area contributed by atoms with Crippen molar-refractivity contribution < 1.29 is 44.3 Å². The summed E-state index contributed by atoms with van der Waals surface area (Å²) in [6.07, 6.45) is -2.00. The number of carbonyl (C=O) groups is 2. The number of sulfonamides is 1. The highest BCUT2D eigenvalue weighted by atomic mass is 32.2. The van der Waals surface area contributed by atoms with Crippen molar-refractivity contribution in [3.05, 3.63) is 65.7 Å². The molecule has 1 amide bonds. The summed E-state index contributed by atoms with van der Waals surface area (Å²) in [5.41, 5.74) is -1.95. The van der Waals surface area contributed by atoms with Crippen molar-refractivity contribution in [2.45, 2.75) is 55.2 Å². The second kappa shape index (κ2) is 14.1. The van der Waals surface area contributed by atoms with Gasteiger partial charge in [-0.2, -0.15) is 13.2 Å². The van der Waals surface area contributed by atoms with Crippen LogP contribution in [0.25, 0.3) is 6.08 Å². The minimum atomic E-state index is -4.79. The Kier molecular flexibility index (Phi) is 11.7. The maximum Gasteiger partial charge on any atom is 0.416 e. The largest absolute Gasteiger partial charge is 0.462 e. The molecule has 0 radical (unpaired) electrons. The van der Waals surface area contributed by atoms with E-state index in [-0.39, 0.29) is 15.4 Å². The van der Waals surface area contributed by atoms with Crippen molar-refractivity contribution in [3.63, 3.8) is 0 Å². The number of hydrogen-bond donors (Lipinski definition) is 2. The number of rotatable bonds is 8. The molecule has 0 unspecified atom stereocenters. The van der Waals surface area contributed by atoms with Gasteiger partial charge in [-0.1, -0.05) is 30.4 Å². The molecule has 1 aliphatic heterocycles. The standard InChI is InChI=1S/C22H23F3N2O5S2.C5H10O2/c23-22(24,25)20-9-8-19(34(31,32)18-6-2-1-3-7-18)15-17(20)5-4-14-33(29,30)27-21(28)16-10-12-26-13-11-16;1-5(2,3)7-4-6/h1-9,15-16,26H,10-14H2,(H,27,28);4H,1-3H3. The third kappa shape index (κ3) is 10.9. The molecule has 41 heavy (non-hydrogen) atoms. The molecule has 2 aromatic carbocycles. The van der Waals surface area contributed by atoms with Crippen LogP contribution in [0.5, 0.6) is 0 Å². The van der Waals surface area contributed by atoms with Crippen LogP contribution in [0, 0.1) is 5.92 Å². The van der Waals surface area contributed by atoms with Crippen molar-refractivity contribution in [3.8, 4) is 0 Å². The minimum Gasteiger partial charge on any atom is -0.462 e. The van der Waals surface area contributed by atoms with Crippen LogP contribution in [0.3, 0.4) is 0 Å². The third-order valence-corrected chi connectivity index (χ3v) is 8.58. The van der Waals surface area contributed by atoms with Gasteiger partial charge in [0.25, 0.3) is 6.47 Å². The highest BCUT2D eigenvalue weighted by Crippen LogP contribution is 2.35. The zero-order valence-electron chi connectivity index (χ0n) is 22.8. The number of nitrogens with one attached hydrogen (secondary N) is 2. The Balaban J connectivity index is 0.000000745. The highest BCUT2D eigenvalue weighted by molar-refractivity contribution is 7.91.